The zero-order chi connectivity index (χ0) is 11.2. The Morgan fingerprint density at radius 2 is 1.62 bits per heavy atom. The molecule has 0 amide bonds. The summed E-state index contributed by atoms with van der Waals surface area (Å²) in [4.78, 5) is 0. The molecule has 1 N–H and O–H groups in total. The molecule has 0 heterocycles. The van der Waals surface area contributed by atoms with Crippen LogP contribution in [0.3, 0.4) is 0 Å². The second-order valence-corrected chi connectivity index (χ2v) is 3.29. The molecule has 0 atom stereocenters. The molecule has 0 unspecified atom stereocenters. The minimum Gasteiger partial charge on any atom is -0.279 e. The Morgan fingerprint density at radius 1 is 0.938 bits per heavy atom. The number of nitrogens with one attached hydrogen (secondary N) is 1. The summed E-state index contributed by atoms with van der Waals surface area (Å²) in [5.41, 5.74) is 4.59. The molecule has 3 heteroatoms. The molecule has 2 aromatic carbocycles. The first-order valence-electron chi connectivity index (χ1n) is 4.94. The number of nitrogens with zero attached hydrogens (tertiary/aromatic N) is 1. The minimum absolute atomic E-state index is 0.252. The lowest BCUT2D eigenvalue weighted by molar-refractivity contribution is 0.628. The Labute approximate surface area is 93.4 Å². The molecule has 0 aliphatic rings. The molecule has 0 bridgehead atoms. The fourth-order valence-corrected chi connectivity index (χ4v) is 1.24. The Hall–Kier alpha value is -2.16. The number of halogens is 1. The van der Waals surface area contributed by atoms with Gasteiger partial charge in [0.25, 0.3) is 0 Å². The number of hydrogen-bond donors (Lipinski definition) is 1. The van der Waals surface area contributed by atoms with Crippen LogP contribution < -0.4 is 5.43 Å². The van der Waals surface area contributed by atoms with Crippen molar-refractivity contribution >= 4 is 11.9 Å². The summed E-state index contributed by atoms with van der Waals surface area (Å²) in [6.45, 7) is 0. The molecule has 0 aliphatic heterocycles. The van der Waals surface area contributed by atoms with Gasteiger partial charge in [0, 0.05) is 0 Å². The maximum atomic E-state index is 12.6. The largest absolute Gasteiger partial charge is 0.279 e. The molecular formula is C13H11FN2. The summed E-state index contributed by atoms with van der Waals surface area (Å²) in [6.07, 6.45) is 1.71. The van der Waals surface area contributed by atoms with Crippen LogP contribution in [0.5, 0.6) is 0 Å². The van der Waals surface area contributed by atoms with Gasteiger partial charge in [-0.25, -0.2) is 4.39 Å². The predicted octanol–water partition coefficient (Wildman–Crippen LogP) is 3.27. The third-order valence-electron chi connectivity index (χ3n) is 2.05. The van der Waals surface area contributed by atoms with Gasteiger partial charge in [0.2, 0.25) is 0 Å². The Bertz CT molecular complexity index is 463. The van der Waals surface area contributed by atoms with E-state index in [1.165, 1.54) is 12.1 Å². The van der Waals surface area contributed by atoms with Crippen molar-refractivity contribution in [2.75, 3.05) is 5.43 Å². The summed E-state index contributed by atoms with van der Waals surface area (Å²) >= 11 is 0. The molecule has 0 saturated heterocycles. The molecule has 2 aromatic rings. The van der Waals surface area contributed by atoms with E-state index in [4.69, 9.17) is 0 Å². The third-order valence-corrected chi connectivity index (χ3v) is 2.05. The molecule has 0 radical (unpaired) electrons. The van der Waals surface area contributed by atoms with E-state index < -0.39 is 0 Å². The van der Waals surface area contributed by atoms with E-state index in [1.807, 2.05) is 30.3 Å². The number of hydrazone groups is 1. The highest BCUT2D eigenvalue weighted by atomic mass is 19.1. The summed E-state index contributed by atoms with van der Waals surface area (Å²) in [5, 5.41) is 4.04. The van der Waals surface area contributed by atoms with E-state index in [-0.39, 0.29) is 5.82 Å². The Morgan fingerprint density at radius 3 is 2.31 bits per heavy atom. The first-order chi connectivity index (χ1) is 7.84. The number of rotatable bonds is 3. The lowest BCUT2D eigenvalue weighted by atomic mass is 10.2. The standard InChI is InChI=1S/C13H11FN2/c14-12-6-8-13(9-7-12)16-15-10-11-4-2-1-3-5-11/h1-10,16H/b15-10+. The van der Waals surface area contributed by atoms with Gasteiger partial charge in [-0.3, -0.25) is 5.43 Å². The van der Waals surface area contributed by atoms with E-state index in [1.54, 1.807) is 18.3 Å². The minimum atomic E-state index is -0.252. The average Bonchev–Trinajstić information content (AvgIpc) is 2.33. The second kappa shape index (κ2) is 5.07. The molecule has 0 saturated carbocycles. The van der Waals surface area contributed by atoms with Crippen LogP contribution in [-0.2, 0) is 0 Å². The fourth-order valence-electron chi connectivity index (χ4n) is 1.24. The molecule has 16 heavy (non-hydrogen) atoms. The van der Waals surface area contributed by atoms with E-state index in [2.05, 4.69) is 10.5 Å². The van der Waals surface area contributed by atoms with Gasteiger partial charge in [-0.1, -0.05) is 30.3 Å². The SMILES string of the molecule is Fc1ccc(N/N=C/c2ccccc2)cc1. The fraction of sp³-hybridized carbons (Fsp3) is 0. The van der Waals surface area contributed by atoms with Crippen molar-refractivity contribution in [1.29, 1.82) is 0 Å². The van der Waals surface area contributed by atoms with E-state index >= 15 is 0 Å². The molecule has 0 spiro atoms. The van der Waals surface area contributed by atoms with Crippen molar-refractivity contribution in [3.05, 3.63) is 66.0 Å². The lowest BCUT2D eigenvalue weighted by Gasteiger charge is -1.98. The molecular weight excluding hydrogens is 203 g/mol. The van der Waals surface area contributed by atoms with Crippen LogP contribution in [-0.4, -0.2) is 6.21 Å². The monoisotopic (exact) mass is 214 g/mol. The van der Waals surface area contributed by atoms with Crippen LogP contribution in [0.2, 0.25) is 0 Å². The maximum Gasteiger partial charge on any atom is 0.123 e. The van der Waals surface area contributed by atoms with E-state index in [9.17, 15) is 4.39 Å². The third kappa shape index (κ3) is 2.92. The van der Waals surface area contributed by atoms with Gasteiger partial charge < -0.3 is 0 Å². The maximum absolute atomic E-state index is 12.6. The second-order valence-electron chi connectivity index (χ2n) is 3.29. The highest BCUT2D eigenvalue weighted by Gasteiger charge is 1.90. The molecule has 0 aliphatic carbocycles. The highest BCUT2D eigenvalue weighted by molar-refractivity contribution is 5.79. The van der Waals surface area contributed by atoms with Crippen molar-refractivity contribution in [2.45, 2.75) is 0 Å². The zero-order valence-electron chi connectivity index (χ0n) is 8.60. The van der Waals surface area contributed by atoms with Gasteiger partial charge in [-0.15, -0.1) is 0 Å². The highest BCUT2D eigenvalue weighted by Crippen LogP contribution is 2.07. The van der Waals surface area contributed by atoms with Gasteiger partial charge in [0.15, 0.2) is 0 Å². The predicted molar refractivity (Wildman–Crippen MR) is 64.1 cm³/mol. The van der Waals surface area contributed by atoms with Crippen molar-refractivity contribution < 1.29 is 4.39 Å². The van der Waals surface area contributed by atoms with Gasteiger partial charge in [-0.05, 0) is 29.8 Å². The quantitative estimate of drug-likeness (QED) is 0.615. The Balaban J connectivity index is 1.97. The van der Waals surface area contributed by atoms with Crippen LogP contribution in [0.25, 0.3) is 0 Å². The van der Waals surface area contributed by atoms with Crippen molar-refractivity contribution in [3.8, 4) is 0 Å². The number of hydrogen-bond acceptors (Lipinski definition) is 2. The van der Waals surface area contributed by atoms with E-state index in [0.717, 1.165) is 11.3 Å². The van der Waals surface area contributed by atoms with Crippen molar-refractivity contribution in [1.82, 2.24) is 0 Å². The Kier molecular flexibility index (Phi) is 3.28. The lowest BCUT2D eigenvalue weighted by Crippen LogP contribution is -1.90. The number of benzene rings is 2. The average molecular weight is 214 g/mol. The topological polar surface area (TPSA) is 24.4 Å². The summed E-state index contributed by atoms with van der Waals surface area (Å²) in [7, 11) is 0. The molecule has 0 aromatic heterocycles. The summed E-state index contributed by atoms with van der Waals surface area (Å²) < 4.78 is 12.6. The first kappa shape index (κ1) is 10.4. The molecule has 0 fully saturated rings. The van der Waals surface area contributed by atoms with E-state index in [0.29, 0.717) is 0 Å². The molecule has 80 valence electrons. The first-order valence-corrected chi connectivity index (χ1v) is 4.94. The molecule has 2 nitrogen and oxygen atoms in total. The van der Waals surface area contributed by atoms with Crippen LogP contribution in [0.1, 0.15) is 5.56 Å². The van der Waals surface area contributed by atoms with Gasteiger partial charge in [0.05, 0.1) is 11.9 Å². The smallest absolute Gasteiger partial charge is 0.123 e. The van der Waals surface area contributed by atoms with Crippen LogP contribution in [0, 0.1) is 5.82 Å². The van der Waals surface area contributed by atoms with Crippen molar-refractivity contribution in [2.24, 2.45) is 5.10 Å². The zero-order valence-corrected chi connectivity index (χ0v) is 8.60. The number of anilines is 1. The van der Waals surface area contributed by atoms with Crippen LogP contribution in [0.4, 0.5) is 10.1 Å². The molecule has 2 rings (SSSR count). The summed E-state index contributed by atoms with van der Waals surface area (Å²) in [5.74, 6) is -0.252. The van der Waals surface area contributed by atoms with Gasteiger partial charge >= 0.3 is 0 Å². The normalized spacial score (nSPS) is 10.6. The van der Waals surface area contributed by atoms with Crippen LogP contribution >= 0.6 is 0 Å². The van der Waals surface area contributed by atoms with Crippen molar-refractivity contribution in [3.63, 3.8) is 0 Å². The van der Waals surface area contributed by atoms with Gasteiger partial charge in [0.1, 0.15) is 5.82 Å². The van der Waals surface area contributed by atoms with Crippen LogP contribution in [0.15, 0.2) is 59.7 Å². The van der Waals surface area contributed by atoms with Gasteiger partial charge in [-0.2, -0.15) is 5.10 Å². The summed E-state index contributed by atoms with van der Waals surface area (Å²) in [6, 6.07) is 15.8.